The molecule has 18 heavy (non-hydrogen) atoms. The van der Waals surface area contributed by atoms with Crippen LogP contribution in [0.4, 0.5) is 5.69 Å². The van der Waals surface area contributed by atoms with Gasteiger partial charge in [-0.15, -0.1) is 0 Å². The molecule has 2 aromatic rings. The van der Waals surface area contributed by atoms with Crippen LogP contribution < -0.4 is 9.47 Å². The van der Waals surface area contributed by atoms with Crippen molar-refractivity contribution in [1.82, 2.24) is 0 Å². The van der Waals surface area contributed by atoms with Gasteiger partial charge in [0.25, 0.3) is 0 Å². The van der Waals surface area contributed by atoms with Gasteiger partial charge in [0.05, 0.1) is 0 Å². The molecule has 92 valence electrons. The summed E-state index contributed by atoms with van der Waals surface area (Å²) in [6, 6.07) is 13.5. The first-order chi connectivity index (χ1) is 8.66. The van der Waals surface area contributed by atoms with Crippen LogP contribution in [0.5, 0.6) is 0 Å². The van der Waals surface area contributed by atoms with Gasteiger partial charge in [-0.2, -0.15) is 4.57 Å². The van der Waals surface area contributed by atoms with Crippen LogP contribution in [0, 0.1) is 0 Å². The van der Waals surface area contributed by atoms with E-state index < -0.39 is 0 Å². The molecule has 0 radical (unpaired) electrons. The van der Waals surface area contributed by atoms with E-state index in [1.165, 1.54) is 0 Å². The molecule has 0 atom stereocenters. The molecule has 1 aromatic carbocycles. The number of rotatable bonds is 3. The lowest BCUT2D eigenvalue weighted by molar-refractivity contribution is -0.568. The van der Waals surface area contributed by atoms with Crippen LogP contribution in [0.15, 0.2) is 54.9 Å². The fraction of sp³-hybridized carbons (Fsp3) is 0.133. The van der Waals surface area contributed by atoms with E-state index in [0.29, 0.717) is 0 Å². The van der Waals surface area contributed by atoms with Crippen molar-refractivity contribution in [1.29, 1.82) is 0 Å². The Balaban J connectivity index is 2.23. The first-order valence-corrected chi connectivity index (χ1v) is 5.81. The molecule has 0 aliphatic rings. The highest BCUT2D eigenvalue weighted by Gasteiger charge is 2.04. The molecule has 0 aliphatic carbocycles. The Labute approximate surface area is 107 Å². The number of benzene rings is 1. The fourth-order valence-electron chi connectivity index (χ4n) is 1.64. The van der Waals surface area contributed by atoms with Crippen molar-refractivity contribution in [3.8, 4) is 0 Å². The number of aromatic nitrogens is 1. The number of pyridine rings is 1. The normalized spacial score (nSPS) is 11.3. The SMILES string of the molecule is CN(C)c1cc[n+](/C=C(/O)c2ccccc2)cc1. The van der Waals surface area contributed by atoms with Crippen molar-refractivity contribution < 1.29 is 9.67 Å². The zero-order chi connectivity index (χ0) is 13.0. The molecule has 1 heterocycles. The van der Waals surface area contributed by atoms with Gasteiger partial charge in [0.1, 0.15) is 0 Å². The molecule has 1 N–H and O–H groups in total. The molecule has 0 bridgehead atoms. The second-order valence-corrected chi connectivity index (χ2v) is 4.28. The molecule has 0 amide bonds. The van der Waals surface area contributed by atoms with E-state index in [0.717, 1.165) is 11.3 Å². The van der Waals surface area contributed by atoms with Crippen molar-refractivity contribution in [2.24, 2.45) is 0 Å². The van der Waals surface area contributed by atoms with E-state index >= 15 is 0 Å². The number of aliphatic hydroxyl groups is 1. The summed E-state index contributed by atoms with van der Waals surface area (Å²) in [5.41, 5.74) is 1.93. The smallest absolute Gasteiger partial charge is 0.216 e. The molecule has 3 heteroatoms. The van der Waals surface area contributed by atoms with Gasteiger partial charge >= 0.3 is 0 Å². The van der Waals surface area contributed by atoms with Crippen molar-refractivity contribution in [2.75, 3.05) is 19.0 Å². The Hall–Kier alpha value is -2.29. The van der Waals surface area contributed by atoms with Gasteiger partial charge in [0.2, 0.25) is 6.20 Å². The van der Waals surface area contributed by atoms with E-state index in [9.17, 15) is 5.11 Å². The van der Waals surface area contributed by atoms with Gasteiger partial charge in [-0.1, -0.05) is 30.3 Å². The summed E-state index contributed by atoms with van der Waals surface area (Å²) in [6.07, 6.45) is 5.51. The Bertz CT molecular complexity index is 530. The molecule has 0 unspecified atom stereocenters. The Morgan fingerprint density at radius 1 is 1.06 bits per heavy atom. The number of nitrogens with zero attached hydrogens (tertiary/aromatic N) is 2. The summed E-state index contributed by atoms with van der Waals surface area (Å²) < 4.78 is 1.83. The fourth-order valence-corrected chi connectivity index (χ4v) is 1.64. The first-order valence-electron chi connectivity index (χ1n) is 5.81. The van der Waals surface area contributed by atoms with E-state index in [4.69, 9.17) is 0 Å². The van der Waals surface area contributed by atoms with Gasteiger partial charge < -0.3 is 10.0 Å². The Morgan fingerprint density at radius 2 is 1.67 bits per heavy atom. The first kappa shape index (κ1) is 12.2. The van der Waals surface area contributed by atoms with Crippen LogP contribution >= 0.6 is 0 Å². The molecule has 0 fully saturated rings. The predicted octanol–water partition coefficient (Wildman–Crippen LogP) is 2.55. The molecule has 3 nitrogen and oxygen atoms in total. The maximum Gasteiger partial charge on any atom is 0.216 e. The second kappa shape index (κ2) is 5.36. The lowest BCUT2D eigenvalue weighted by atomic mass is 10.2. The number of aliphatic hydroxyl groups excluding tert-OH is 1. The minimum Gasteiger partial charge on any atom is -0.502 e. The lowest BCUT2D eigenvalue weighted by Gasteiger charge is -2.09. The maximum atomic E-state index is 9.98. The summed E-state index contributed by atoms with van der Waals surface area (Å²) >= 11 is 0. The summed E-state index contributed by atoms with van der Waals surface area (Å²) in [7, 11) is 3.99. The third kappa shape index (κ3) is 2.88. The maximum absolute atomic E-state index is 9.98. The summed E-state index contributed by atoms with van der Waals surface area (Å²) in [6.45, 7) is 0. The molecule has 0 spiro atoms. The largest absolute Gasteiger partial charge is 0.502 e. The van der Waals surface area contributed by atoms with Crippen LogP contribution in [-0.4, -0.2) is 19.2 Å². The van der Waals surface area contributed by atoms with Crippen LogP contribution in [0.3, 0.4) is 0 Å². The van der Waals surface area contributed by atoms with E-state index in [1.807, 2.05) is 78.4 Å². The zero-order valence-electron chi connectivity index (χ0n) is 10.6. The van der Waals surface area contributed by atoms with E-state index in [-0.39, 0.29) is 5.76 Å². The quantitative estimate of drug-likeness (QED) is 0.660. The van der Waals surface area contributed by atoms with Gasteiger partial charge in [-0.05, 0) is 0 Å². The van der Waals surface area contributed by atoms with Gasteiger partial charge in [0.15, 0.2) is 18.2 Å². The van der Waals surface area contributed by atoms with Crippen LogP contribution in [0.2, 0.25) is 0 Å². The zero-order valence-corrected chi connectivity index (χ0v) is 10.6. The lowest BCUT2D eigenvalue weighted by Crippen LogP contribution is -2.25. The molecule has 0 aliphatic heterocycles. The Morgan fingerprint density at radius 3 is 2.22 bits per heavy atom. The number of hydrogen-bond acceptors (Lipinski definition) is 2. The third-order valence-corrected chi connectivity index (χ3v) is 2.69. The number of hydrogen-bond donors (Lipinski definition) is 1. The van der Waals surface area contributed by atoms with Gasteiger partial charge in [-0.25, -0.2) is 0 Å². The van der Waals surface area contributed by atoms with Crippen LogP contribution in [-0.2, 0) is 0 Å². The Kier molecular flexibility index (Phi) is 3.63. The number of anilines is 1. The minimum atomic E-state index is 0.248. The molecular weight excluding hydrogens is 224 g/mol. The monoisotopic (exact) mass is 241 g/mol. The molecule has 1 aromatic heterocycles. The van der Waals surface area contributed by atoms with Crippen molar-refractivity contribution >= 4 is 17.6 Å². The van der Waals surface area contributed by atoms with Crippen LogP contribution in [0.1, 0.15) is 5.56 Å². The molecule has 2 rings (SSSR count). The topological polar surface area (TPSA) is 27.4 Å². The predicted molar refractivity (Wildman–Crippen MR) is 74.2 cm³/mol. The van der Waals surface area contributed by atoms with Crippen molar-refractivity contribution in [3.63, 3.8) is 0 Å². The standard InChI is InChI=1S/C15H16N2O/c1-16(2)14-8-10-17(11-9-14)12-15(18)13-6-4-3-5-7-13/h3-12H,1-2H3/p+1/b15-12+. The molecular formula is C15H17N2O+. The van der Waals surface area contributed by atoms with E-state index in [2.05, 4.69) is 0 Å². The highest BCUT2D eigenvalue weighted by atomic mass is 16.3. The average Bonchev–Trinajstić information content (AvgIpc) is 2.40. The minimum absolute atomic E-state index is 0.248. The average molecular weight is 241 g/mol. The second-order valence-electron chi connectivity index (χ2n) is 4.28. The summed E-state index contributed by atoms with van der Waals surface area (Å²) in [4.78, 5) is 2.03. The van der Waals surface area contributed by atoms with Gasteiger partial charge in [0, 0.05) is 37.5 Å². The highest BCUT2D eigenvalue weighted by molar-refractivity contribution is 5.65. The van der Waals surface area contributed by atoms with E-state index in [1.54, 1.807) is 6.20 Å². The van der Waals surface area contributed by atoms with Crippen molar-refractivity contribution in [3.05, 3.63) is 60.4 Å². The van der Waals surface area contributed by atoms with Gasteiger partial charge in [-0.3, -0.25) is 0 Å². The summed E-state index contributed by atoms with van der Waals surface area (Å²) in [5, 5.41) is 9.98. The summed E-state index contributed by atoms with van der Waals surface area (Å²) in [5.74, 6) is 0.248. The molecule has 0 saturated carbocycles. The molecule has 0 saturated heterocycles. The highest BCUT2D eigenvalue weighted by Crippen LogP contribution is 2.10. The van der Waals surface area contributed by atoms with Crippen molar-refractivity contribution in [2.45, 2.75) is 0 Å². The third-order valence-electron chi connectivity index (χ3n) is 2.69. The van der Waals surface area contributed by atoms with Crippen LogP contribution in [0.25, 0.3) is 12.0 Å².